The van der Waals surface area contributed by atoms with E-state index in [-0.39, 0.29) is 34.8 Å². The van der Waals surface area contributed by atoms with Crippen LogP contribution in [0.25, 0.3) is 0 Å². The fraction of sp³-hybridized carbons (Fsp3) is 0.355. The largest absolute Gasteiger partial charge is 0.495 e. The molecule has 42 heavy (non-hydrogen) atoms. The van der Waals surface area contributed by atoms with Crippen molar-refractivity contribution in [2.24, 2.45) is 0 Å². The van der Waals surface area contributed by atoms with E-state index in [4.69, 9.17) is 27.9 Å². The number of hydrogen-bond acceptors (Lipinski definition) is 5. The monoisotopic (exact) mass is 631 g/mol. The summed E-state index contributed by atoms with van der Waals surface area (Å²) in [5, 5.41) is 3.76. The summed E-state index contributed by atoms with van der Waals surface area (Å²) < 4.78 is 34.5. The third-order valence-electron chi connectivity index (χ3n) is 7.44. The van der Waals surface area contributed by atoms with Gasteiger partial charge in [0.25, 0.3) is 10.0 Å². The summed E-state index contributed by atoms with van der Waals surface area (Å²) in [6, 6.07) is 18.6. The molecule has 1 fully saturated rings. The molecular weight excluding hydrogens is 597 g/mol. The fourth-order valence-corrected chi connectivity index (χ4v) is 7.17. The Bertz CT molecular complexity index is 1480. The van der Waals surface area contributed by atoms with Gasteiger partial charge in [0, 0.05) is 28.2 Å². The number of hydrogen-bond donors (Lipinski definition) is 1. The van der Waals surface area contributed by atoms with Crippen LogP contribution in [0.2, 0.25) is 10.0 Å². The van der Waals surface area contributed by atoms with Gasteiger partial charge in [-0.2, -0.15) is 0 Å². The molecule has 0 bridgehead atoms. The number of carbonyl (C=O) groups is 2. The third-order valence-corrected chi connectivity index (χ3v) is 9.92. The van der Waals surface area contributed by atoms with Gasteiger partial charge in [-0.25, -0.2) is 8.42 Å². The molecule has 3 aromatic rings. The van der Waals surface area contributed by atoms with E-state index in [2.05, 4.69) is 5.32 Å². The standard InChI is InChI=1S/C31H35Cl2N3O5S/c1-3-27(31(38)34-22-12-7-8-13-22)35(20-24-25(32)16-11-17-26(24)33)30(37)21-36(28-18-9-10-19-29(28)41-2)42(39,40)23-14-5-4-6-15-23/h4-6,9-11,14-19,22,27H,3,7-8,12-13,20-21H2,1-2H3,(H,34,38). The lowest BCUT2D eigenvalue weighted by Crippen LogP contribution is -2.53. The van der Waals surface area contributed by atoms with E-state index >= 15 is 0 Å². The lowest BCUT2D eigenvalue weighted by molar-refractivity contribution is -0.140. The quantitative estimate of drug-likeness (QED) is 0.262. The minimum Gasteiger partial charge on any atom is -0.495 e. The van der Waals surface area contributed by atoms with E-state index in [1.54, 1.807) is 60.7 Å². The first-order chi connectivity index (χ1) is 20.2. The van der Waals surface area contributed by atoms with Crippen molar-refractivity contribution in [3.8, 4) is 5.75 Å². The van der Waals surface area contributed by atoms with E-state index in [1.807, 2.05) is 6.92 Å². The van der Waals surface area contributed by atoms with Gasteiger partial charge in [0.1, 0.15) is 18.3 Å². The number of ether oxygens (including phenoxy) is 1. The fourth-order valence-electron chi connectivity index (χ4n) is 5.21. The van der Waals surface area contributed by atoms with Crippen LogP contribution in [-0.4, -0.2) is 50.9 Å². The Balaban J connectivity index is 1.77. The van der Waals surface area contributed by atoms with Gasteiger partial charge in [0.2, 0.25) is 11.8 Å². The molecule has 1 aliphatic rings. The first-order valence-electron chi connectivity index (χ1n) is 13.9. The number of halogens is 2. The molecule has 2 amide bonds. The molecule has 0 heterocycles. The maximum atomic E-state index is 14.3. The average Bonchev–Trinajstić information content (AvgIpc) is 3.50. The second-order valence-electron chi connectivity index (χ2n) is 10.1. The van der Waals surface area contributed by atoms with Gasteiger partial charge in [0.15, 0.2) is 0 Å². The lowest BCUT2D eigenvalue weighted by atomic mass is 10.1. The first-order valence-corrected chi connectivity index (χ1v) is 16.1. The predicted octanol–water partition coefficient (Wildman–Crippen LogP) is 6.06. The number of para-hydroxylation sites is 2. The molecular formula is C31H35Cl2N3O5S. The number of amides is 2. The number of nitrogens with one attached hydrogen (secondary N) is 1. The van der Waals surface area contributed by atoms with Crippen LogP contribution < -0.4 is 14.4 Å². The van der Waals surface area contributed by atoms with E-state index in [1.165, 1.54) is 24.1 Å². The molecule has 0 saturated heterocycles. The number of nitrogens with zero attached hydrogens (tertiary/aromatic N) is 2. The van der Waals surface area contributed by atoms with Crippen LogP contribution in [-0.2, 0) is 26.2 Å². The molecule has 0 spiro atoms. The van der Waals surface area contributed by atoms with Crippen molar-refractivity contribution >= 4 is 50.7 Å². The van der Waals surface area contributed by atoms with Crippen LogP contribution in [0.5, 0.6) is 5.75 Å². The first kappa shape index (κ1) is 31.7. The SMILES string of the molecule is CCC(C(=O)NC1CCCC1)N(Cc1c(Cl)cccc1Cl)C(=O)CN(c1ccccc1OC)S(=O)(=O)c1ccccc1. The molecule has 1 aliphatic carbocycles. The van der Waals surface area contributed by atoms with Crippen LogP contribution in [0.3, 0.4) is 0 Å². The highest BCUT2D eigenvalue weighted by molar-refractivity contribution is 7.92. The number of carbonyl (C=O) groups excluding carboxylic acids is 2. The van der Waals surface area contributed by atoms with Crippen LogP contribution in [0, 0.1) is 0 Å². The van der Waals surface area contributed by atoms with Gasteiger partial charge >= 0.3 is 0 Å². The molecule has 1 saturated carbocycles. The molecule has 0 aromatic heterocycles. The zero-order valence-corrected chi connectivity index (χ0v) is 26.0. The highest BCUT2D eigenvalue weighted by Gasteiger charge is 2.36. The number of rotatable bonds is 12. The Morgan fingerprint density at radius 2 is 1.57 bits per heavy atom. The highest BCUT2D eigenvalue weighted by Crippen LogP contribution is 2.33. The molecule has 1 N–H and O–H groups in total. The van der Waals surface area contributed by atoms with Crippen LogP contribution in [0.1, 0.15) is 44.6 Å². The molecule has 3 aromatic carbocycles. The minimum atomic E-state index is -4.22. The van der Waals surface area contributed by atoms with Gasteiger partial charge in [-0.3, -0.25) is 13.9 Å². The third kappa shape index (κ3) is 7.19. The average molecular weight is 633 g/mol. The summed E-state index contributed by atoms with van der Waals surface area (Å²) in [6.07, 6.45) is 4.12. The molecule has 1 unspecified atom stereocenters. The summed E-state index contributed by atoms with van der Waals surface area (Å²) in [5.41, 5.74) is 0.660. The summed E-state index contributed by atoms with van der Waals surface area (Å²) in [7, 11) is -2.79. The maximum absolute atomic E-state index is 14.3. The van der Waals surface area contributed by atoms with Crippen LogP contribution in [0.4, 0.5) is 5.69 Å². The van der Waals surface area contributed by atoms with Crippen molar-refractivity contribution in [2.75, 3.05) is 18.0 Å². The van der Waals surface area contributed by atoms with Crippen molar-refractivity contribution in [1.82, 2.24) is 10.2 Å². The molecule has 4 rings (SSSR count). The van der Waals surface area contributed by atoms with Crippen molar-refractivity contribution in [3.63, 3.8) is 0 Å². The Morgan fingerprint density at radius 1 is 0.952 bits per heavy atom. The van der Waals surface area contributed by atoms with Gasteiger partial charge < -0.3 is 15.0 Å². The topological polar surface area (TPSA) is 96.0 Å². The van der Waals surface area contributed by atoms with Gasteiger partial charge in [-0.15, -0.1) is 0 Å². The molecule has 0 radical (unpaired) electrons. The van der Waals surface area contributed by atoms with Crippen molar-refractivity contribution in [2.45, 2.75) is 62.6 Å². The second-order valence-corrected chi connectivity index (χ2v) is 12.8. The number of anilines is 1. The lowest BCUT2D eigenvalue weighted by Gasteiger charge is -2.34. The van der Waals surface area contributed by atoms with Crippen molar-refractivity contribution in [3.05, 3.63) is 88.4 Å². The Hall–Kier alpha value is -3.27. The van der Waals surface area contributed by atoms with Gasteiger partial charge in [-0.05, 0) is 55.7 Å². The number of benzene rings is 3. The zero-order chi connectivity index (χ0) is 30.3. The minimum absolute atomic E-state index is 0.00965. The summed E-state index contributed by atoms with van der Waals surface area (Å²) >= 11 is 13.0. The van der Waals surface area contributed by atoms with Crippen molar-refractivity contribution in [1.29, 1.82) is 0 Å². The van der Waals surface area contributed by atoms with E-state index in [0.717, 1.165) is 30.0 Å². The Morgan fingerprint density at radius 3 is 2.19 bits per heavy atom. The van der Waals surface area contributed by atoms with E-state index < -0.39 is 28.5 Å². The summed E-state index contributed by atoms with van der Waals surface area (Å²) in [5.74, 6) is -0.614. The van der Waals surface area contributed by atoms with Crippen LogP contribution >= 0.6 is 23.2 Å². The Kier molecular flexibility index (Phi) is 10.8. The van der Waals surface area contributed by atoms with E-state index in [0.29, 0.717) is 22.0 Å². The highest BCUT2D eigenvalue weighted by atomic mass is 35.5. The predicted molar refractivity (Wildman–Crippen MR) is 165 cm³/mol. The molecule has 8 nitrogen and oxygen atoms in total. The van der Waals surface area contributed by atoms with Gasteiger partial charge in [0.05, 0.1) is 17.7 Å². The molecule has 224 valence electrons. The molecule has 11 heteroatoms. The summed E-state index contributed by atoms with van der Waals surface area (Å²) in [6.45, 7) is 1.14. The zero-order valence-electron chi connectivity index (χ0n) is 23.6. The van der Waals surface area contributed by atoms with E-state index in [9.17, 15) is 18.0 Å². The maximum Gasteiger partial charge on any atom is 0.264 e. The Labute approximate surface area is 257 Å². The molecule has 1 atom stereocenters. The smallest absolute Gasteiger partial charge is 0.264 e. The van der Waals surface area contributed by atoms with Crippen molar-refractivity contribution < 1.29 is 22.7 Å². The van der Waals surface area contributed by atoms with Gasteiger partial charge in [-0.1, -0.05) is 79.4 Å². The number of methoxy groups -OCH3 is 1. The molecule has 0 aliphatic heterocycles. The van der Waals surface area contributed by atoms with Crippen LogP contribution in [0.15, 0.2) is 77.7 Å². The number of sulfonamides is 1. The summed E-state index contributed by atoms with van der Waals surface area (Å²) in [4.78, 5) is 29.3. The normalized spacial score (nSPS) is 14.3. The second kappa shape index (κ2) is 14.3.